The second-order valence-corrected chi connectivity index (χ2v) is 10.3. The van der Waals surface area contributed by atoms with Crippen LogP contribution in [0.3, 0.4) is 0 Å². The molecule has 0 unspecified atom stereocenters. The van der Waals surface area contributed by atoms with Crippen LogP contribution in [0.4, 0.5) is 5.69 Å². The Balaban J connectivity index is 1.27. The number of hydrogen-bond donors (Lipinski definition) is 1. The third kappa shape index (κ3) is 4.91. The van der Waals surface area contributed by atoms with Gasteiger partial charge in [0.25, 0.3) is 5.91 Å². The fourth-order valence-electron chi connectivity index (χ4n) is 5.49. The zero-order chi connectivity index (χ0) is 24.5. The Bertz CT molecular complexity index is 1100. The maximum Gasteiger partial charge on any atom is 0.274 e. The maximum atomic E-state index is 13.3. The van der Waals surface area contributed by atoms with Crippen molar-refractivity contribution in [2.24, 2.45) is 0 Å². The summed E-state index contributed by atoms with van der Waals surface area (Å²) >= 11 is 6.51. The first-order valence-corrected chi connectivity index (χ1v) is 13.1. The number of carbonyl (C=O) groups is 2. The Hall–Kier alpha value is -2.58. The summed E-state index contributed by atoms with van der Waals surface area (Å²) in [5.74, 6) is -0.0270. The molecule has 0 spiro atoms. The SMILES string of the molecule is Cc1cccc(N2CCN(C(=O)Cn3nc(C(=O)N4CCC(O)CC4)c4c3CCCC4)CC2)c1Cl. The van der Waals surface area contributed by atoms with E-state index >= 15 is 0 Å². The molecular weight excluding hydrogens is 466 g/mol. The molecule has 2 aromatic rings. The van der Waals surface area contributed by atoms with Crippen molar-refractivity contribution >= 4 is 29.1 Å². The van der Waals surface area contributed by atoms with Crippen molar-refractivity contribution in [2.75, 3.05) is 44.2 Å². The Morgan fingerprint density at radius 1 is 1.03 bits per heavy atom. The Morgan fingerprint density at radius 3 is 2.49 bits per heavy atom. The number of likely N-dealkylation sites (tertiary alicyclic amines) is 1. The number of benzene rings is 1. The lowest BCUT2D eigenvalue weighted by Crippen LogP contribution is -2.49. The summed E-state index contributed by atoms with van der Waals surface area (Å²) < 4.78 is 1.78. The fraction of sp³-hybridized carbons (Fsp3) is 0.577. The number of aromatic nitrogens is 2. The maximum absolute atomic E-state index is 13.3. The zero-order valence-corrected chi connectivity index (χ0v) is 21.1. The molecule has 9 heteroatoms. The molecule has 1 aromatic carbocycles. The van der Waals surface area contributed by atoms with E-state index in [2.05, 4.69) is 4.90 Å². The van der Waals surface area contributed by atoms with Crippen LogP contribution in [0.25, 0.3) is 0 Å². The molecule has 2 amide bonds. The number of piperazine rings is 1. The van der Waals surface area contributed by atoms with Crippen molar-refractivity contribution in [1.29, 1.82) is 0 Å². The summed E-state index contributed by atoms with van der Waals surface area (Å²) in [5.41, 5.74) is 4.63. The number of aliphatic hydroxyl groups excluding tert-OH is 1. The number of hydrogen-bond acceptors (Lipinski definition) is 5. The number of carbonyl (C=O) groups excluding carboxylic acids is 2. The van der Waals surface area contributed by atoms with E-state index in [-0.39, 0.29) is 24.5 Å². The molecule has 0 saturated carbocycles. The van der Waals surface area contributed by atoms with E-state index in [0.29, 0.717) is 44.7 Å². The average Bonchev–Trinajstić information content (AvgIpc) is 3.24. The zero-order valence-electron chi connectivity index (χ0n) is 20.4. The average molecular weight is 500 g/mol. The van der Waals surface area contributed by atoms with Crippen LogP contribution in [0.1, 0.15) is 53.0 Å². The number of halogens is 1. The minimum absolute atomic E-state index is 0.0379. The second-order valence-electron chi connectivity index (χ2n) is 9.94. The monoisotopic (exact) mass is 499 g/mol. The lowest BCUT2D eigenvalue weighted by molar-refractivity contribution is -0.132. The van der Waals surface area contributed by atoms with Gasteiger partial charge in [-0.1, -0.05) is 23.7 Å². The van der Waals surface area contributed by atoms with Crippen molar-refractivity contribution in [1.82, 2.24) is 19.6 Å². The summed E-state index contributed by atoms with van der Waals surface area (Å²) in [5, 5.41) is 15.3. The summed E-state index contributed by atoms with van der Waals surface area (Å²) in [6.07, 6.45) is 4.64. The van der Waals surface area contributed by atoms with Crippen LogP contribution in [0.2, 0.25) is 5.02 Å². The van der Waals surface area contributed by atoms with Gasteiger partial charge in [-0.2, -0.15) is 5.10 Å². The van der Waals surface area contributed by atoms with Crippen molar-refractivity contribution in [3.8, 4) is 0 Å². The van der Waals surface area contributed by atoms with Gasteiger partial charge in [-0.15, -0.1) is 0 Å². The largest absolute Gasteiger partial charge is 0.393 e. The quantitative estimate of drug-likeness (QED) is 0.699. The summed E-state index contributed by atoms with van der Waals surface area (Å²) in [6, 6.07) is 6.05. The number of fused-ring (bicyclic) bond motifs is 1. The van der Waals surface area contributed by atoms with E-state index in [1.165, 1.54) is 0 Å². The second kappa shape index (κ2) is 10.2. The minimum atomic E-state index is -0.328. The molecule has 0 atom stereocenters. The highest BCUT2D eigenvalue weighted by Crippen LogP contribution is 2.30. The lowest BCUT2D eigenvalue weighted by atomic mass is 9.95. The van der Waals surface area contributed by atoms with Gasteiger partial charge >= 0.3 is 0 Å². The normalized spacial score (nSPS) is 19.1. The molecule has 2 saturated heterocycles. The van der Waals surface area contributed by atoms with E-state index in [9.17, 15) is 14.7 Å². The topological polar surface area (TPSA) is 81.9 Å². The van der Waals surface area contributed by atoms with Crippen LogP contribution in [-0.4, -0.2) is 81.9 Å². The van der Waals surface area contributed by atoms with Gasteiger partial charge in [-0.05, 0) is 57.1 Å². The Labute approximate surface area is 211 Å². The number of piperidine rings is 1. The molecule has 5 rings (SSSR count). The Kier molecular flexibility index (Phi) is 7.02. The highest BCUT2D eigenvalue weighted by molar-refractivity contribution is 6.34. The predicted octanol–water partition coefficient (Wildman–Crippen LogP) is 2.67. The molecule has 35 heavy (non-hydrogen) atoms. The van der Waals surface area contributed by atoms with Gasteiger partial charge in [0.05, 0.1) is 16.8 Å². The molecule has 0 bridgehead atoms. The van der Waals surface area contributed by atoms with E-state index < -0.39 is 0 Å². The summed E-state index contributed by atoms with van der Waals surface area (Å²) in [6.45, 7) is 6.01. The number of aliphatic hydroxyl groups is 1. The molecule has 188 valence electrons. The molecule has 2 aliphatic heterocycles. The minimum Gasteiger partial charge on any atom is -0.393 e. The van der Waals surface area contributed by atoms with Gasteiger partial charge in [0.15, 0.2) is 5.69 Å². The lowest BCUT2D eigenvalue weighted by Gasteiger charge is -2.36. The predicted molar refractivity (Wildman–Crippen MR) is 135 cm³/mol. The van der Waals surface area contributed by atoms with Crippen LogP contribution in [0.15, 0.2) is 18.2 Å². The number of anilines is 1. The molecule has 3 aliphatic rings. The van der Waals surface area contributed by atoms with Crippen molar-refractivity contribution < 1.29 is 14.7 Å². The molecule has 1 N–H and O–H groups in total. The highest BCUT2D eigenvalue weighted by Gasteiger charge is 2.31. The van der Waals surface area contributed by atoms with Gasteiger partial charge in [0.1, 0.15) is 6.54 Å². The van der Waals surface area contributed by atoms with E-state index in [1.54, 1.807) is 9.58 Å². The van der Waals surface area contributed by atoms with Crippen molar-refractivity contribution in [3.63, 3.8) is 0 Å². The first kappa shape index (κ1) is 24.1. The molecule has 8 nitrogen and oxygen atoms in total. The van der Waals surface area contributed by atoms with E-state index in [4.69, 9.17) is 16.7 Å². The van der Waals surface area contributed by atoms with Crippen molar-refractivity contribution in [2.45, 2.75) is 58.1 Å². The molecule has 3 heterocycles. The van der Waals surface area contributed by atoms with E-state index in [1.807, 2.05) is 30.0 Å². The van der Waals surface area contributed by atoms with E-state index in [0.717, 1.165) is 66.3 Å². The number of nitrogens with zero attached hydrogens (tertiary/aromatic N) is 5. The fourth-order valence-corrected chi connectivity index (χ4v) is 5.74. The van der Waals surface area contributed by atoms with Gasteiger partial charge in [-0.25, -0.2) is 0 Å². The summed E-state index contributed by atoms with van der Waals surface area (Å²) in [7, 11) is 0. The van der Waals surface area contributed by atoms with Gasteiger partial charge in [0, 0.05) is 50.5 Å². The van der Waals surface area contributed by atoms with Crippen LogP contribution in [0.5, 0.6) is 0 Å². The van der Waals surface area contributed by atoms with Crippen molar-refractivity contribution in [3.05, 3.63) is 45.7 Å². The smallest absolute Gasteiger partial charge is 0.274 e. The van der Waals surface area contributed by atoms with Gasteiger partial charge in [0.2, 0.25) is 5.91 Å². The van der Waals surface area contributed by atoms with Crippen LogP contribution >= 0.6 is 11.6 Å². The highest BCUT2D eigenvalue weighted by atomic mass is 35.5. The number of aryl methyl sites for hydroxylation is 1. The number of rotatable bonds is 4. The van der Waals surface area contributed by atoms with Crippen LogP contribution in [0, 0.1) is 6.92 Å². The molecule has 1 aromatic heterocycles. The Morgan fingerprint density at radius 2 is 1.74 bits per heavy atom. The summed E-state index contributed by atoms with van der Waals surface area (Å²) in [4.78, 5) is 32.4. The third-order valence-corrected chi connectivity index (χ3v) is 8.13. The first-order chi connectivity index (χ1) is 16.9. The van der Waals surface area contributed by atoms with Crippen LogP contribution in [-0.2, 0) is 24.2 Å². The standard InChI is InChI=1S/C26H34ClN5O3/c1-18-5-4-8-22(24(18)27)29-13-15-30(16-14-29)23(34)17-32-21-7-3-2-6-20(21)25(28-32)26(35)31-11-9-19(33)10-12-31/h4-5,8,19,33H,2-3,6-7,9-17H2,1H3. The molecule has 2 fully saturated rings. The van der Waals surface area contributed by atoms with Gasteiger partial charge in [-0.3, -0.25) is 14.3 Å². The molecule has 1 aliphatic carbocycles. The molecular formula is C26H34ClN5O3. The number of amides is 2. The molecule has 0 radical (unpaired) electrons. The van der Waals surface area contributed by atoms with Crippen LogP contribution < -0.4 is 4.90 Å². The first-order valence-electron chi connectivity index (χ1n) is 12.8. The van der Waals surface area contributed by atoms with Gasteiger partial charge < -0.3 is 19.8 Å². The third-order valence-electron chi connectivity index (χ3n) is 7.64.